The number of aliphatic imine (C=N–C) groups is 1. The third-order valence-electron chi connectivity index (χ3n) is 3.63. The van der Waals surface area contributed by atoms with E-state index in [0.29, 0.717) is 19.6 Å². The van der Waals surface area contributed by atoms with Crippen LogP contribution in [0.25, 0.3) is 0 Å². The lowest BCUT2D eigenvalue weighted by molar-refractivity contribution is 0.0278. The van der Waals surface area contributed by atoms with Crippen molar-refractivity contribution in [3.8, 4) is 0 Å². The quantitative estimate of drug-likeness (QED) is 0.545. The maximum absolute atomic E-state index is 12.1. The number of aryl methyl sites for hydroxylation is 2. The Kier molecular flexibility index (Phi) is 9.02. The number of amides is 1. The maximum Gasteiger partial charge on any atom is 0.410 e. The number of hydrogen-bond donors (Lipinski definition) is 2. The van der Waals surface area contributed by atoms with E-state index in [1.54, 1.807) is 23.3 Å². The highest BCUT2D eigenvalue weighted by Crippen LogP contribution is 2.17. The van der Waals surface area contributed by atoms with Crippen molar-refractivity contribution in [1.82, 2.24) is 20.5 Å². The molecular formula is C19H35N5O2S. The average molecular weight is 398 g/mol. The fraction of sp³-hybridized carbons (Fsp3) is 0.737. The predicted octanol–water partition coefficient (Wildman–Crippen LogP) is 3.32. The zero-order chi connectivity index (χ0) is 20.6. The number of carbonyl (C=O) groups is 1. The summed E-state index contributed by atoms with van der Waals surface area (Å²) in [5, 5.41) is 7.68. The average Bonchev–Trinajstić information content (AvgIpc) is 2.86. The third-order valence-corrected chi connectivity index (χ3v) is 4.69. The SMILES string of the molecule is CCNC(=NCc1sc(C)nc1C)NCC(C)CN(C)C(=O)OC(C)(C)C. The maximum atomic E-state index is 12.1. The predicted molar refractivity (Wildman–Crippen MR) is 112 cm³/mol. The number of carbonyl (C=O) groups excluding carboxylic acids is 1. The number of nitrogens with one attached hydrogen (secondary N) is 2. The summed E-state index contributed by atoms with van der Waals surface area (Å²) < 4.78 is 5.39. The van der Waals surface area contributed by atoms with Gasteiger partial charge in [-0.05, 0) is 47.5 Å². The van der Waals surface area contributed by atoms with E-state index in [4.69, 9.17) is 4.74 Å². The molecule has 1 heterocycles. The van der Waals surface area contributed by atoms with Crippen LogP contribution in [-0.2, 0) is 11.3 Å². The molecule has 1 aromatic heterocycles. The summed E-state index contributed by atoms with van der Waals surface area (Å²) in [6.45, 7) is 16.5. The van der Waals surface area contributed by atoms with Gasteiger partial charge in [0.1, 0.15) is 5.60 Å². The zero-order valence-corrected chi connectivity index (χ0v) is 18.8. The lowest BCUT2D eigenvalue weighted by Gasteiger charge is -2.26. The van der Waals surface area contributed by atoms with Gasteiger partial charge in [0.15, 0.2) is 5.96 Å². The number of thiazole rings is 1. The molecule has 0 saturated carbocycles. The molecule has 0 fully saturated rings. The summed E-state index contributed by atoms with van der Waals surface area (Å²) in [6.07, 6.45) is -0.300. The van der Waals surface area contributed by atoms with Crippen molar-refractivity contribution in [1.29, 1.82) is 0 Å². The molecule has 1 rings (SSSR count). The first-order valence-corrected chi connectivity index (χ1v) is 10.2. The summed E-state index contributed by atoms with van der Waals surface area (Å²) in [5.74, 6) is 1.02. The van der Waals surface area contributed by atoms with Crippen LogP contribution in [0.4, 0.5) is 4.79 Å². The van der Waals surface area contributed by atoms with E-state index in [1.807, 2.05) is 41.5 Å². The van der Waals surface area contributed by atoms with E-state index < -0.39 is 5.60 Å². The summed E-state index contributed by atoms with van der Waals surface area (Å²) in [6, 6.07) is 0. The lowest BCUT2D eigenvalue weighted by Crippen LogP contribution is -2.42. The molecule has 1 unspecified atom stereocenters. The minimum absolute atomic E-state index is 0.249. The van der Waals surface area contributed by atoms with Crippen LogP contribution in [0.1, 0.15) is 50.2 Å². The molecule has 1 amide bonds. The van der Waals surface area contributed by atoms with Crippen LogP contribution >= 0.6 is 11.3 Å². The van der Waals surface area contributed by atoms with Crippen molar-refractivity contribution in [2.45, 2.75) is 60.6 Å². The van der Waals surface area contributed by atoms with Gasteiger partial charge in [0.05, 0.1) is 17.2 Å². The number of aromatic nitrogens is 1. The highest BCUT2D eigenvalue weighted by molar-refractivity contribution is 7.11. The molecule has 1 aromatic rings. The van der Waals surface area contributed by atoms with Crippen molar-refractivity contribution >= 4 is 23.4 Å². The summed E-state index contributed by atoms with van der Waals surface area (Å²) in [5.41, 5.74) is 0.564. The second-order valence-corrected chi connectivity index (χ2v) is 9.07. The first-order valence-electron chi connectivity index (χ1n) is 9.41. The Labute approximate surface area is 167 Å². The number of rotatable bonds is 7. The number of guanidine groups is 1. The van der Waals surface area contributed by atoms with Crippen molar-refractivity contribution in [3.05, 3.63) is 15.6 Å². The molecule has 0 aliphatic carbocycles. The van der Waals surface area contributed by atoms with Crippen LogP contribution in [0.15, 0.2) is 4.99 Å². The van der Waals surface area contributed by atoms with Crippen LogP contribution in [0.3, 0.4) is 0 Å². The number of ether oxygens (including phenoxy) is 1. The van der Waals surface area contributed by atoms with Crippen molar-refractivity contribution < 1.29 is 9.53 Å². The number of hydrogen-bond acceptors (Lipinski definition) is 5. The molecule has 154 valence electrons. The van der Waals surface area contributed by atoms with E-state index in [-0.39, 0.29) is 12.0 Å². The van der Waals surface area contributed by atoms with Crippen molar-refractivity contribution in [3.63, 3.8) is 0 Å². The van der Waals surface area contributed by atoms with Crippen molar-refractivity contribution in [2.75, 3.05) is 26.7 Å². The van der Waals surface area contributed by atoms with Gasteiger partial charge >= 0.3 is 6.09 Å². The molecule has 8 heteroatoms. The summed E-state index contributed by atoms with van der Waals surface area (Å²) in [4.78, 5) is 24.0. The highest BCUT2D eigenvalue weighted by atomic mass is 32.1. The molecule has 0 bridgehead atoms. The molecule has 0 aliphatic heterocycles. The van der Waals surface area contributed by atoms with Gasteiger partial charge in [0.25, 0.3) is 0 Å². The molecule has 0 radical (unpaired) electrons. The topological polar surface area (TPSA) is 78.9 Å². The minimum Gasteiger partial charge on any atom is -0.444 e. The van der Waals surface area contributed by atoms with Crippen LogP contribution in [0, 0.1) is 19.8 Å². The minimum atomic E-state index is -0.481. The third kappa shape index (κ3) is 9.08. The Bertz CT molecular complexity index is 637. The molecule has 27 heavy (non-hydrogen) atoms. The standard InChI is InChI=1S/C19H35N5O2S/c1-9-20-17(22-11-16-14(3)23-15(4)27-16)21-10-13(2)12-24(8)18(25)26-19(5,6)7/h13H,9-12H2,1-8H3,(H2,20,21,22). The fourth-order valence-electron chi connectivity index (χ4n) is 2.43. The monoisotopic (exact) mass is 397 g/mol. The first-order chi connectivity index (χ1) is 12.5. The van der Waals surface area contributed by atoms with Crippen LogP contribution in [0.2, 0.25) is 0 Å². The van der Waals surface area contributed by atoms with Gasteiger partial charge in [0, 0.05) is 31.6 Å². The van der Waals surface area contributed by atoms with E-state index >= 15 is 0 Å². The Balaban J connectivity index is 2.54. The Morgan fingerprint density at radius 1 is 1.33 bits per heavy atom. The van der Waals surface area contributed by atoms with Crippen LogP contribution in [0.5, 0.6) is 0 Å². The van der Waals surface area contributed by atoms with Gasteiger partial charge in [-0.25, -0.2) is 14.8 Å². The van der Waals surface area contributed by atoms with Gasteiger partial charge in [0.2, 0.25) is 0 Å². The summed E-state index contributed by atoms with van der Waals surface area (Å²) >= 11 is 1.68. The number of nitrogens with zero attached hydrogens (tertiary/aromatic N) is 3. The molecular weight excluding hydrogens is 362 g/mol. The second kappa shape index (κ2) is 10.5. The smallest absolute Gasteiger partial charge is 0.410 e. The molecule has 0 spiro atoms. The molecule has 0 saturated heterocycles. The first kappa shape index (κ1) is 23.2. The molecule has 2 N–H and O–H groups in total. The molecule has 7 nitrogen and oxygen atoms in total. The normalized spacial score (nSPS) is 13.3. The van der Waals surface area contributed by atoms with E-state index in [2.05, 4.69) is 27.5 Å². The van der Waals surface area contributed by atoms with E-state index in [0.717, 1.165) is 23.2 Å². The Morgan fingerprint density at radius 3 is 2.52 bits per heavy atom. The Hall–Kier alpha value is -1.83. The molecule has 1 atom stereocenters. The molecule has 0 aliphatic rings. The van der Waals surface area contributed by atoms with Gasteiger partial charge in [-0.15, -0.1) is 11.3 Å². The summed E-state index contributed by atoms with van der Waals surface area (Å²) in [7, 11) is 1.76. The van der Waals surface area contributed by atoms with Gasteiger partial charge in [-0.1, -0.05) is 6.92 Å². The van der Waals surface area contributed by atoms with Gasteiger partial charge < -0.3 is 20.3 Å². The largest absolute Gasteiger partial charge is 0.444 e. The second-order valence-electron chi connectivity index (χ2n) is 7.78. The van der Waals surface area contributed by atoms with Gasteiger partial charge in [-0.2, -0.15) is 0 Å². The van der Waals surface area contributed by atoms with Crippen LogP contribution < -0.4 is 10.6 Å². The van der Waals surface area contributed by atoms with E-state index in [9.17, 15) is 4.79 Å². The van der Waals surface area contributed by atoms with Crippen LogP contribution in [-0.4, -0.2) is 54.2 Å². The Morgan fingerprint density at radius 2 is 2.00 bits per heavy atom. The lowest BCUT2D eigenvalue weighted by atomic mass is 10.1. The highest BCUT2D eigenvalue weighted by Gasteiger charge is 2.20. The fourth-order valence-corrected chi connectivity index (χ4v) is 3.29. The molecule has 0 aromatic carbocycles. The van der Waals surface area contributed by atoms with E-state index in [1.165, 1.54) is 4.88 Å². The van der Waals surface area contributed by atoms with Crippen molar-refractivity contribution in [2.24, 2.45) is 10.9 Å². The zero-order valence-electron chi connectivity index (χ0n) is 18.0. The van der Waals surface area contributed by atoms with Gasteiger partial charge in [-0.3, -0.25) is 0 Å².